The minimum absolute atomic E-state index is 0.107. The van der Waals surface area contributed by atoms with Crippen molar-refractivity contribution in [2.24, 2.45) is 0 Å². The van der Waals surface area contributed by atoms with Gasteiger partial charge in [-0.25, -0.2) is 9.78 Å². The van der Waals surface area contributed by atoms with E-state index in [9.17, 15) is 9.59 Å². The monoisotopic (exact) mass is 246 g/mol. The Labute approximate surface area is 105 Å². The molecule has 0 radical (unpaired) electrons. The van der Waals surface area contributed by atoms with E-state index < -0.39 is 5.97 Å². The standard InChI is InChI=1S/C13H14N2O3/c1-9-5-7-15(8-6-9)12(16)10-3-2-4-11(14-10)13(17)18/h2-5H,6-8H2,1H3,(H,17,18). The Bertz CT molecular complexity index is 523. The largest absolute Gasteiger partial charge is 0.477 e. The lowest BCUT2D eigenvalue weighted by molar-refractivity contribution is 0.0690. The molecule has 0 fully saturated rings. The van der Waals surface area contributed by atoms with Gasteiger partial charge >= 0.3 is 5.97 Å². The predicted octanol–water partition coefficient (Wildman–Crippen LogP) is 1.57. The number of amides is 1. The van der Waals surface area contributed by atoms with Crippen molar-refractivity contribution in [1.29, 1.82) is 0 Å². The van der Waals surface area contributed by atoms with Crippen LogP contribution in [0.4, 0.5) is 0 Å². The maximum atomic E-state index is 12.1. The molecule has 0 saturated carbocycles. The summed E-state index contributed by atoms with van der Waals surface area (Å²) in [6.07, 6.45) is 2.85. The highest BCUT2D eigenvalue weighted by Gasteiger charge is 2.19. The van der Waals surface area contributed by atoms with E-state index >= 15 is 0 Å². The molecule has 0 saturated heterocycles. The molecule has 1 aromatic heterocycles. The Balaban J connectivity index is 2.19. The number of carboxylic acid groups (broad SMARTS) is 1. The Kier molecular flexibility index (Phi) is 3.41. The van der Waals surface area contributed by atoms with Crippen molar-refractivity contribution >= 4 is 11.9 Å². The first-order valence-electron chi connectivity index (χ1n) is 5.73. The predicted molar refractivity (Wildman–Crippen MR) is 65.5 cm³/mol. The van der Waals surface area contributed by atoms with Gasteiger partial charge in [0.1, 0.15) is 11.4 Å². The first kappa shape index (κ1) is 12.3. The van der Waals surface area contributed by atoms with Crippen LogP contribution in [0, 0.1) is 0 Å². The summed E-state index contributed by atoms with van der Waals surface area (Å²) < 4.78 is 0. The van der Waals surface area contributed by atoms with Crippen LogP contribution < -0.4 is 0 Å². The number of aromatic nitrogens is 1. The fourth-order valence-corrected chi connectivity index (χ4v) is 1.79. The van der Waals surface area contributed by atoms with E-state index in [1.807, 2.05) is 13.0 Å². The number of nitrogens with zero attached hydrogens (tertiary/aromatic N) is 2. The Morgan fingerprint density at radius 1 is 1.33 bits per heavy atom. The minimum atomic E-state index is -1.13. The molecule has 1 aliphatic heterocycles. The molecule has 0 aliphatic carbocycles. The number of rotatable bonds is 2. The fourth-order valence-electron chi connectivity index (χ4n) is 1.79. The van der Waals surface area contributed by atoms with Gasteiger partial charge in [-0.15, -0.1) is 0 Å². The van der Waals surface area contributed by atoms with Crippen LogP contribution in [0.25, 0.3) is 0 Å². The average Bonchev–Trinajstić information content (AvgIpc) is 2.39. The maximum absolute atomic E-state index is 12.1. The Hall–Kier alpha value is -2.17. The molecule has 2 heterocycles. The molecular weight excluding hydrogens is 232 g/mol. The fraction of sp³-hybridized carbons (Fsp3) is 0.308. The van der Waals surface area contributed by atoms with E-state index in [1.54, 1.807) is 11.0 Å². The molecule has 2 rings (SSSR count). The molecule has 94 valence electrons. The smallest absolute Gasteiger partial charge is 0.354 e. The molecule has 0 atom stereocenters. The van der Waals surface area contributed by atoms with E-state index in [2.05, 4.69) is 4.98 Å². The molecule has 0 unspecified atom stereocenters. The summed E-state index contributed by atoms with van der Waals surface area (Å²) in [6.45, 7) is 3.24. The number of carbonyl (C=O) groups excluding carboxylic acids is 1. The van der Waals surface area contributed by atoms with E-state index in [0.717, 1.165) is 6.42 Å². The zero-order chi connectivity index (χ0) is 13.1. The zero-order valence-corrected chi connectivity index (χ0v) is 10.1. The normalized spacial score (nSPS) is 15.2. The van der Waals surface area contributed by atoms with Crippen LogP contribution >= 0.6 is 0 Å². The lowest BCUT2D eigenvalue weighted by Gasteiger charge is -2.25. The van der Waals surface area contributed by atoms with E-state index in [-0.39, 0.29) is 17.3 Å². The molecule has 1 aliphatic rings. The molecule has 0 spiro atoms. The number of hydrogen-bond donors (Lipinski definition) is 1. The summed E-state index contributed by atoms with van der Waals surface area (Å²) in [6, 6.07) is 4.45. The van der Waals surface area contributed by atoms with Crippen LogP contribution in [0.3, 0.4) is 0 Å². The number of carboxylic acids is 1. The zero-order valence-electron chi connectivity index (χ0n) is 10.1. The van der Waals surface area contributed by atoms with Gasteiger partial charge in [-0.2, -0.15) is 0 Å². The molecule has 0 aromatic carbocycles. The van der Waals surface area contributed by atoms with Crippen LogP contribution in [-0.4, -0.2) is 40.0 Å². The Morgan fingerprint density at radius 2 is 2.06 bits per heavy atom. The molecule has 18 heavy (non-hydrogen) atoms. The summed E-state index contributed by atoms with van der Waals surface area (Å²) in [5.41, 5.74) is 1.35. The number of aromatic carboxylic acids is 1. The second-order valence-electron chi connectivity index (χ2n) is 4.26. The highest BCUT2D eigenvalue weighted by molar-refractivity contribution is 5.94. The third kappa shape index (κ3) is 2.56. The van der Waals surface area contributed by atoms with Gasteiger partial charge in [-0.1, -0.05) is 17.7 Å². The molecule has 5 heteroatoms. The topological polar surface area (TPSA) is 70.5 Å². The van der Waals surface area contributed by atoms with Crippen LogP contribution in [0.1, 0.15) is 34.3 Å². The van der Waals surface area contributed by atoms with Gasteiger partial charge in [0.15, 0.2) is 0 Å². The summed E-state index contributed by atoms with van der Waals surface area (Å²) in [5.74, 6) is -1.35. The quantitative estimate of drug-likeness (QED) is 0.804. The molecule has 0 bridgehead atoms. The summed E-state index contributed by atoms with van der Waals surface area (Å²) in [4.78, 5) is 28.4. The van der Waals surface area contributed by atoms with Crippen molar-refractivity contribution < 1.29 is 14.7 Å². The van der Waals surface area contributed by atoms with Crippen LogP contribution in [0.2, 0.25) is 0 Å². The minimum Gasteiger partial charge on any atom is -0.477 e. The van der Waals surface area contributed by atoms with Crippen molar-refractivity contribution in [1.82, 2.24) is 9.88 Å². The highest BCUT2D eigenvalue weighted by atomic mass is 16.4. The molecular formula is C13H14N2O3. The molecule has 1 N–H and O–H groups in total. The van der Waals surface area contributed by atoms with Crippen molar-refractivity contribution in [3.63, 3.8) is 0 Å². The van der Waals surface area contributed by atoms with E-state index in [4.69, 9.17) is 5.11 Å². The van der Waals surface area contributed by atoms with Gasteiger partial charge < -0.3 is 10.0 Å². The van der Waals surface area contributed by atoms with Gasteiger partial charge in [-0.05, 0) is 25.5 Å². The second-order valence-corrected chi connectivity index (χ2v) is 4.26. The van der Waals surface area contributed by atoms with Gasteiger partial charge in [-0.3, -0.25) is 4.79 Å². The lowest BCUT2D eigenvalue weighted by Crippen LogP contribution is -2.35. The highest BCUT2D eigenvalue weighted by Crippen LogP contribution is 2.12. The summed E-state index contributed by atoms with van der Waals surface area (Å²) >= 11 is 0. The molecule has 1 aromatic rings. The Morgan fingerprint density at radius 3 is 2.67 bits per heavy atom. The number of carbonyl (C=O) groups is 2. The molecule has 5 nitrogen and oxygen atoms in total. The lowest BCUT2D eigenvalue weighted by atomic mass is 10.1. The summed E-state index contributed by atoms with van der Waals surface area (Å²) in [5, 5.41) is 8.84. The SMILES string of the molecule is CC1=CCN(C(=O)c2cccc(C(=O)O)n2)CC1. The third-order valence-electron chi connectivity index (χ3n) is 2.91. The van der Waals surface area contributed by atoms with Crippen LogP contribution in [-0.2, 0) is 0 Å². The number of pyridine rings is 1. The van der Waals surface area contributed by atoms with Crippen molar-refractivity contribution in [2.45, 2.75) is 13.3 Å². The van der Waals surface area contributed by atoms with Crippen molar-refractivity contribution in [3.8, 4) is 0 Å². The van der Waals surface area contributed by atoms with Gasteiger partial charge in [0.05, 0.1) is 0 Å². The molecule has 1 amide bonds. The third-order valence-corrected chi connectivity index (χ3v) is 2.91. The first-order chi connectivity index (χ1) is 8.58. The second kappa shape index (κ2) is 5.00. The van der Waals surface area contributed by atoms with Gasteiger partial charge in [0, 0.05) is 13.1 Å². The average molecular weight is 246 g/mol. The van der Waals surface area contributed by atoms with E-state index in [0.29, 0.717) is 13.1 Å². The van der Waals surface area contributed by atoms with Gasteiger partial charge in [0.25, 0.3) is 5.91 Å². The summed E-state index contributed by atoms with van der Waals surface area (Å²) in [7, 11) is 0. The van der Waals surface area contributed by atoms with Crippen LogP contribution in [0.15, 0.2) is 29.8 Å². The maximum Gasteiger partial charge on any atom is 0.354 e. The number of hydrogen-bond acceptors (Lipinski definition) is 3. The van der Waals surface area contributed by atoms with E-state index in [1.165, 1.54) is 17.7 Å². The van der Waals surface area contributed by atoms with Gasteiger partial charge in [0.2, 0.25) is 0 Å². The van der Waals surface area contributed by atoms with Crippen molar-refractivity contribution in [2.75, 3.05) is 13.1 Å². The van der Waals surface area contributed by atoms with Crippen LogP contribution in [0.5, 0.6) is 0 Å². The van der Waals surface area contributed by atoms with Crippen molar-refractivity contribution in [3.05, 3.63) is 41.2 Å². The first-order valence-corrected chi connectivity index (χ1v) is 5.73.